The lowest BCUT2D eigenvalue weighted by Crippen LogP contribution is -2.31. The molecule has 1 rings (SSSR count). The molecule has 0 spiro atoms. The molecule has 0 aromatic heterocycles. The lowest BCUT2D eigenvalue weighted by Gasteiger charge is -2.20. The minimum Gasteiger partial charge on any atom is -0.508 e. The molecule has 1 aromatic rings. The van der Waals surface area contributed by atoms with E-state index in [1.54, 1.807) is 19.1 Å². The van der Waals surface area contributed by atoms with Gasteiger partial charge in [0.2, 0.25) is 5.54 Å². The van der Waals surface area contributed by atoms with Crippen molar-refractivity contribution in [3.05, 3.63) is 39.9 Å². The van der Waals surface area contributed by atoms with Gasteiger partial charge in [0.15, 0.2) is 0 Å². The van der Waals surface area contributed by atoms with Crippen molar-refractivity contribution < 1.29 is 10.0 Å². The average molecular weight is 209 g/mol. The summed E-state index contributed by atoms with van der Waals surface area (Å²) >= 11 is 0. The second-order valence-electron chi connectivity index (χ2n) is 3.83. The van der Waals surface area contributed by atoms with Crippen molar-refractivity contribution >= 4 is 0 Å². The van der Waals surface area contributed by atoms with Crippen molar-refractivity contribution in [1.29, 1.82) is 0 Å². The number of phenolic OH excluding ortho intramolecular Hbond substituents is 1. The summed E-state index contributed by atoms with van der Waals surface area (Å²) in [5.41, 5.74) is -0.422. The molecule has 0 saturated carbocycles. The lowest BCUT2D eigenvalue weighted by atomic mass is 9.88. The molecule has 0 bridgehead atoms. The van der Waals surface area contributed by atoms with Crippen LogP contribution in [-0.4, -0.2) is 10.0 Å². The SMILES string of the molecule is CCCC(C)(c1ccc(O)cc1)[N+](=O)[O-]. The van der Waals surface area contributed by atoms with Crippen LogP contribution in [0.2, 0.25) is 0 Å². The molecule has 0 saturated heterocycles. The quantitative estimate of drug-likeness (QED) is 0.612. The van der Waals surface area contributed by atoms with Gasteiger partial charge in [0.25, 0.3) is 0 Å². The van der Waals surface area contributed by atoms with Crippen LogP contribution < -0.4 is 0 Å². The Kier molecular flexibility index (Phi) is 3.29. The predicted octanol–water partition coefficient (Wildman–Crippen LogP) is 2.68. The second-order valence-corrected chi connectivity index (χ2v) is 3.83. The van der Waals surface area contributed by atoms with Gasteiger partial charge in [0, 0.05) is 23.8 Å². The van der Waals surface area contributed by atoms with Gasteiger partial charge in [0.05, 0.1) is 0 Å². The molecule has 0 aliphatic carbocycles. The number of hydrogen-bond acceptors (Lipinski definition) is 3. The largest absolute Gasteiger partial charge is 0.508 e. The molecule has 15 heavy (non-hydrogen) atoms. The molecule has 1 atom stereocenters. The molecular weight excluding hydrogens is 194 g/mol. The lowest BCUT2D eigenvalue weighted by molar-refractivity contribution is -0.576. The highest BCUT2D eigenvalue weighted by atomic mass is 16.6. The van der Waals surface area contributed by atoms with Crippen LogP contribution in [0.1, 0.15) is 32.3 Å². The molecule has 0 aliphatic rings. The highest BCUT2D eigenvalue weighted by molar-refractivity contribution is 5.29. The third-order valence-corrected chi connectivity index (χ3v) is 2.63. The van der Waals surface area contributed by atoms with Crippen molar-refractivity contribution in [3.63, 3.8) is 0 Å². The molecule has 4 heteroatoms. The van der Waals surface area contributed by atoms with Gasteiger partial charge in [-0.15, -0.1) is 0 Å². The number of rotatable bonds is 4. The number of phenols is 1. The van der Waals surface area contributed by atoms with Gasteiger partial charge in [-0.25, -0.2) is 0 Å². The maximum absolute atomic E-state index is 11.0. The van der Waals surface area contributed by atoms with Gasteiger partial charge in [-0.2, -0.15) is 0 Å². The van der Waals surface area contributed by atoms with Crippen LogP contribution in [-0.2, 0) is 5.54 Å². The Labute approximate surface area is 88.7 Å². The van der Waals surface area contributed by atoms with E-state index in [2.05, 4.69) is 0 Å². The Hall–Kier alpha value is -1.58. The van der Waals surface area contributed by atoms with Crippen LogP contribution in [0, 0.1) is 10.1 Å². The van der Waals surface area contributed by atoms with E-state index >= 15 is 0 Å². The van der Waals surface area contributed by atoms with E-state index in [4.69, 9.17) is 5.11 Å². The van der Waals surface area contributed by atoms with E-state index in [0.717, 1.165) is 6.42 Å². The third-order valence-electron chi connectivity index (χ3n) is 2.63. The molecule has 1 unspecified atom stereocenters. The van der Waals surface area contributed by atoms with E-state index in [9.17, 15) is 10.1 Å². The number of aromatic hydroxyl groups is 1. The molecule has 1 N–H and O–H groups in total. The molecule has 0 heterocycles. The van der Waals surface area contributed by atoms with Gasteiger partial charge < -0.3 is 5.11 Å². The molecule has 0 fully saturated rings. The summed E-state index contributed by atoms with van der Waals surface area (Å²) in [6.07, 6.45) is 1.24. The summed E-state index contributed by atoms with van der Waals surface area (Å²) in [7, 11) is 0. The van der Waals surface area contributed by atoms with Gasteiger partial charge in [-0.05, 0) is 30.7 Å². The zero-order chi connectivity index (χ0) is 11.5. The van der Waals surface area contributed by atoms with Gasteiger partial charge >= 0.3 is 0 Å². The maximum Gasteiger partial charge on any atom is 0.244 e. The van der Waals surface area contributed by atoms with Crippen molar-refractivity contribution in [3.8, 4) is 5.75 Å². The van der Waals surface area contributed by atoms with Crippen LogP contribution in [0.5, 0.6) is 5.75 Å². The van der Waals surface area contributed by atoms with Crippen molar-refractivity contribution in [2.75, 3.05) is 0 Å². The molecule has 1 aromatic carbocycles. The molecule has 0 aliphatic heterocycles. The van der Waals surface area contributed by atoms with Crippen molar-refractivity contribution in [1.82, 2.24) is 0 Å². The normalized spacial score (nSPS) is 14.5. The van der Waals surface area contributed by atoms with E-state index < -0.39 is 5.54 Å². The predicted molar refractivity (Wildman–Crippen MR) is 57.4 cm³/mol. The number of nitrogens with zero attached hydrogens (tertiary/aromatic N) is 1. The first-order chi connectivity index (χ1) is 7.00. The first-order valence-corrected chi connectivity index (χ1v) is 4.94. The second kappa shape index (κ2) is 4.29. The van der Waals surface area contributed by atoms with Gasteiger partial charge in [-0.3, -0.25) is 10.1 Å². The van der Waals surface area contributed by atoms with E-state index in [1.807, 2.05) is 6.92 Å². The van der Waals surface area contributed by atoms with Gasteiger partial charge in [-0.1, -0.05) is 6.92 Å². The van der Waals surface area contributed by atoms with Crippen molar-refractivity contribution in [2.24, 2.45) is 0 Å². The summed E-state index contributed by atoms with van der Waals surface area (Å²) in [6, 6.07) is 6.17. The summed E-state index contributed by atoms with van der Waals surface area (Å²) < 4.78 is 0. The number of nitro groups is 1. The van der Waals surface area contributed by atoms with Crippen LogP contribution in [0.15, 0.2) is 24.3 Å². The summed E-state index contributed by atoms with van der Waals surface area (Å²) in [6.45, 7) is 3.53. The van der Waals surface area contributed by atoms with E-state index in [-0.39, 0.29) is 10.7 Å². The van der Waals surface area contributed by atoms with Crippen molar-refractivity contribution in [2.45, 2.75) is 32.2 Å². The summed E-state index contributed by atoms with van der Waals surface area (Å²) in [5.74, 6) is 0.126. The molecule has 0 radical (unpaired) electrons. The zero-order valence-electron chi connectivity index (χ0n) is 8.93. The fourth-order valence-corrected chi connectivity index (χ4v) is 1.65. The van der Waals surface area contributed by atoms with Crippen LogP contribution in [0.3, 0.4) is 0 Å². The Bertz CT molecular complexity index is 347. The highest BCUT2D eigenvalue weighted by Gasteiger charge is 2.37. The smallest absolute Gasteiger partial charge is 0.244 e. The summed E-state index contributed by atoms with van der Waals surface area (Å²) in [5, 5.41) is 20.2. The molecule has 0 amide bonds. The zero-order valence-corrected chi connectivity index (χ0v) is 8.93. The minimum atomic E-state index is -1.05. The van der Waals surface area contributed by atoms with E-state index in [0.29, 0.717) is 12.0 Å². The Morgan fingerprint density at radius 2 is 1.93 bits per heavy atom. The standard InChI is InChI=1S/C11H15NO3/c1-3-8-11(2,12(14)15)9-4-6-10(13)7-5-9/h4-7,13H,3,8H2,1-2H3. The van der Waals surface area contributed by atoms with E-state index in [1.165, 1.54) is 12.1 Å². The highest BCUT2D eigenvalue weighted by Crippen LogP contribution is 2.30. The first kappa shape index (κ1) is 11.5. The average Bonchev–Trinajstić information content (AvgIpc) is 2.18. The Morgan fingerprint density at radius 1 is 1.40 bits per heavy atom. The topological polar surface area (TPSA) is 63.4 Å². The molecule has 82 valence electrons. The Balaban J connectivity index is 3.09. The first-order valence-electron chi connectivity index (χ1n) is 4.94. The monoisotopic (exact) mass is 209 g/mol. The fraction of sp³-hybridized carbons (Fsp3) is 0.455. The van der Waals surface area contributed by atoms with Crippen LogP contribution in [0.25, 0.3) is 0 Å². The Morgan fingerprint density at radius 3 is 2.33 bits per heavy atom. The minimum absolute atomic E-state index is 0.126. The fourth-order valence-electron chi connectivity index (χ4n) is 1.65. The molecular formula is C11H15NO3. The number of benzene rings is 1. The summed E-state index contributed by atoms with van der Waals surface area (Å²) in [4.78, 5) is 10.8. The third kappa shape index (κ3) is 2.26. The van der Waals surface area contributed by atoms with Gasteiger partial charge in [0.1, 0.15) is 5.75 Å². The maximum atomic E-state index is 11.0. The molecule has 4 nitrogen and oxygen atoms in total. The number of hydrogen-bond donors (Lipinski definition) is 1. The van der Waals surface area contributed by atoms with Crippen LogP contribution in [0.4, 0.5) is 0 Å². The van der Waals surface area contributed by atoms with Crippen LogP contribution >= 0.6 is 0 Å².